The van der Waals surface area contributed by atoms with E-state index in [-0.39, 0.29) is 0 Å². The Balaban J connectivity index is 0.792. The second-order valence-corrected chi connectivity index (χ2v) is 24.9. The number of nitrogens with zero attached hydrogens (tertiary/aromatic N) is 5. The lowest BCUT2D eigenvalue weighted by Crippen LogP contribution is -2.04. The van der Waals surface area contributed by atoms with Gasteiger partial charge in [-0.15, -0.1) is 11.3 Å². The minimum Gasteiger partial charge on any atom is -0.439 e. The fourth-order valence-electron chi connectivity index (χ4n) is 15.4. The van der Waals surface area contributed by atoms with Gasteiger partial charge in [-0.2, -0.15) is 0 Å². The van der Waals surface area contributed by atoms with E-state index < -0.39 is 0 Å². The van der Waals surface area contributed by atoms with E-state index in [0.717, 1.165) is 111 Å². The fourth-order valence-corrected chi connectivity index (χ4v) is 16.6. The van der Waals surface area contributed by atoms with E-state index in [2.05, 4.69) is 332 Å². The van der Waals surface area contributed by atoms with Crippen molar-refractivity contribution in [3.63, 3.8) is 0 Å². The van der Waals surface area contributed by atoms with Crippen LogP contribution in [0.1, 0.15) is 0 Å². The Morgan fingerprint density at radius 2 is 0.659 bits per heavy atom. The molecule has 0 bridgehead atoms. The monoisotopic (exact) mass is 1180 g/mol. The van der Waals surface area contributed by atoms with Gasteiger partial charge in [-0.3, -0.25) is 13.7 Å². The van der Waals surface area contributed by atoms with Gasteiger partial charge in [-0.05, 0) is 96.1 Å². The topological polar surface area (TPSA) is 37.8 Å². The zero-order chi connectivity index (χ0) is 59.4. The highest BCUT2D eigenvalue weighted by molar-refractivity contribution is 7.25. The molecule has 0 amide bonds. The van der Waals surface area contributed by atoms with Gasteiger partial charge >= 0.3 is 0 Å². The molecule has 0 aliphatic rings. The Kier molecular flexibility index (Phi) is 10.6. The number of furan rings is 1. The molecule has 0 saturated carbocycles. The standard InChI is InChI=1S/C84H51N5OS/c1-12-34-67-55(23-1)56-24-2-13-35-68(56)86(67)69-36-14-3-25-57(69)58-26-4-15-37-70(58)87-73-40-18-7-29-62(73)79-61-28-6-17-39-72(61)85(82(79)87)54-48-45-52(46-49-54)53-47-50-60(76(51-53)89-75-42-20-9-31-64(75)81-66-33-11-22-44-78(66)91-84(81)89)59-27-5-16-38-71(59)88-74-41-19-8-30-63(74)80-65-32-10-21-43-77(65)90-83(80)88/h1-51H. The molecular formula is C84H51N5OS. The van der Waals surface area contributed by atoms with Gasteiger partial charge in [0.15, 0.2) is 0 Å². The third kappa shape index (κ3) is 7.12. The highest BCUT2D eigenvalue weighted by atomic mass is 32.1. The van der Waals surface area contributed by atoms with Gasteiger partial charge in [0.05, 0.1) is 61.2 Å². The van der Waals surface area contributed by atoms with Crippen LogP contribution in [0.3, 0.4) is 0 Å². The normalized spacial score (nSPS) is 12.2. The van der Waals surface area contributed by atoms with Crippen LogP contribution in [0.2, 0.25) is 0 Å². The molecule has 20 aromatic rings. The zero-order valence-corrected chi connectivity index (χ0v) is 49.8. The highest BCUT2D eigenvalue weighted by Gasteiger charge is 2.28. The van der Waals surface area contributed by atoms with Crippen molar-refractivity contribution < 1.29 is 4.42 Å². The van der Waals surface area contributed by atoms with Crippen LogP contribution in [0, 0.1) is 0 Å². The summed E-state index contributed by atoms with van der Waals surface area (Å²) >= 11 is 1.86. The molecule has 424 valence electrons. The maximum absolute atomic E-state index is 6.89. The van der Waals surface area contributed by atoms with Gasteiger partial charge in [-0.1, -0.05) is 224 Å². The predicted molar refractivity (Wildman–Crippen MR) is 382 cm³/mol. The summed E-state index contributed by atoms with van der Waals surface area (Å²) in [6.45, 7) is 0. The number of benzene rings is 13. The molecule has 20 rings (SSSR count). The van der Waals surface area contributed by atoms with Gasteiger partial charge in [0.1, 0.15) is 16.1 Å². The molecule has 13 aromatic carbocycles. The molecule has 7 aromatic heterocycles. The van der Waals surface area contributed by atoms with Crippen LogP contribution in [0.5, 0.6) is 0 Å². The minimum absolute atomic E-state index is 0.838. The second-order valence-electron chi connectivity index (χ2n) is 23.9. The van der Waals surface area contributed by atoms with Crippen molar-refractivity contribution in [2.45, 2.75) is 0 Å². The van der Waals surface area contributed by atoms with Crippen LogP contribution >= 0.6 is 11.3 Å². The molecule has 0 fully saturated rings. The van der Waals surface area contributed by atoms with Crippen molar-refractivity contribution >= 4 is 130 Å². The minimum atomic E-state index is 0.838. The van der Waals surface area contributed by atoms with Crippen molar-refractivity contribution in [2.75, 3.05) is 0 Å². The number of para-hydroxylation sites is 10. The van der Waals surface area contributed by atoms with E-state index in [1.807, 2.05) is 11.3 Å². The zero-order valence-electron chi connectivity index (χ0n) is 49.0. The molecule has 0 aliphatic carbocycles. The van der Waals surface area contributed by atoms with Crippen molar-refractivity contribution in [3.05, 3.63) is 309 Å². The highest BCUT2D eigenvalue weighted by Crippen LogP contribution is 2.49. The number of hydrogen-bond donors (Lipinski definition) is 0. The van der Waals surface area contributed by atoms with E-state index >= 15 is 0 Å². The first-order chi connectivity index (χ1) is 45.2. The second kappa shape index (κ2) is 19.3. The summed E-state index contributed by atoms with van der Waals surface area (Å²) in [4.78, 5) is 1.22. The Labute approximate surface area is 525 Å². The maximum Gasteiger partial charge on any atom is 0.213 e. The molecule has 6 nitrogen and oxygen atoms in total. The third-order valence-corrected chi connectivity index (χ3v) is 20.3. The van der Waals surface area contributed by atoms with E-state index in [9.17, 15) is 0 Å². The summed E-state index contributed by atoms with van der Waals surface area (Å²) in [5.74, 6) is 0. The molecule has 0 unspecified atom stereocenters. The van der Waals surface area contributed by atoms with Crippen LogP contribution < -0.4 is 0 Å². The molecule has 0 radical (unpaired) electrons. The van der Waals surface area contributed by atoms with Crippen molar-refractivity contribution in [1.82, 2.24) is 22.8 Å². The number of fused-ring (bicyclic) bond motifs is 18. The molecule has 0 atom stereocenters. The van der Waals surface area contributed by atoms with Gasteiger partial charge in [0, 0.05) is 86.5 Å². The maximum atomic E-state index is 6.89. The number of thiophene rings is 1. The Morgan fingerprint density at radius 1 is 0.253 bits per heavy atom. The lowest BCUT2D eigenvalue weighted by atomic mass is 9.96. The number of rotatable bonds is 8. The first-order valence-electron chi connectivity index (χ1n) is 31.1. The first kappa shape index (κ1) is 50.1. The lowest BCUT2D eigenvalue weighted by molar-refractivity contribution is 0.645. The molecule has 0 N–H and O–H groups in total. The summed E-state index contributed by atoms with van der Waals surface area (Å²) in [5.41, 5.74) is 22.0. The molecule has 0 spiro atoms. The summed E-state index contributed by atoms with van der Waals surface area (Å²) in [6, 6.07) is 113. The molecule has 91 heavy (non-hydrogen) atoms. The molecule has 7 heteroatoms. The van der Waals surface area contributed by atoms with E-state index in [4.69, 9.17) is 4.42 Å². The van der Waals surface area contributed by atoms with Crippen LogP contribution in [0.4, 0.5) is 0 Å². The largest absolute Gasteiger partial charge is 0.439 e. The van der Waals surface area contributed by atoms with Crippen LogP contribution in [-0.4, -0.2) is 22.8 Å². The lowest BCUT2D eigenvalue weighted by Gasteiger charge is -2.19. The van der Waals surface area contributed by atoms with Gasteiger partial charge in [0.25, 0.3) is 0 Å². The molecule has 7 heterocycles. The first-order valence-corrected chi connectivity index (χ1v) is 31.9. The van der Waals surface area contributed by atoms with Gasteiger partial charge in [-0.25, -0.2) is 0 Å². The van der Waals surface area contributed by atoms with Crippen molar-refractivity contribution in [3.8, 4) is 61.8 Å². The smallest absolute Gasteiger partial charge is 0.213 e. The fraction of sp³-hybridized carbons (Fsp3) is 0. The summed E-state index contributed by atoms with van der Waals surface area (Å²) < 4.78 is 20.5. The van der Waals surface area contributed by atoms with Crippen LogP contribution in [0.15, 0.2) is 314 Å². The summed E-state index contributed by atoms with van der Waals surface area (Å²) in [7, 11) is 0. The Hall–Kier alpha value is -11.9. The van der Waals surface area contributed by atoms with Crippen LogP contribution in [0.25, 0.3) is 181 Å². The number of hydrogen-bond acceptors (Lipinski definition) is 2. The number of aromatic nitrogens is 5. The Morgan fingerprint density at radius 3 is 1.26 bits per heavy atom. The SMILES string of the molecule is c1ccc(-n2c3ccccc3c3ccccc32)c(-c2ccccc2-n2c3ccccc3c3c4ccccc4n(-c4ccc(-c5ccc(-c6ccccc6-n6c7ccccc7c7c8ccccc8oc76)c(-n6c7ccccc7c7c8ccccc8sc76)c5)cc4)c32)c1. The van der Waals surface area contributed by atoms with E-state index in [1.165, 1.54) is 69.2 Å². The van der Waals surface area contributed by atoms with Gasteiger partial charge in [0.2, 0.25) is 5.71 Å². The van der Waals surface area contributed by atoms with Gasteiger partial charge < -0.3 is 13.6 Å². The quantitative estimate of drug-likeness (QED) is 0.149. The van der Waals surface area contributed by atoms with Crippen molar-refractivity contribution in [2.24, 2.45) is 0 Å². The predicted octanol–water partition coefficient (Wildman–Crippen LogP) is 23.0. The molecule has 0 aliphatic heterocycles. The molecule has 0 saturated heterocycles. The summed E-state index contributed by atoms with van der Waals surface area (Å²) in [5, 5.41) is 13.3. The van der Waals surface area contributed by atoms with E-state index in [1.54, 1.807) is 0 Å². The average molecular weight is 1180 g/mol. The average Bonchev–Trinajstić information content (AvgIpc) is 1.59. The van der Waals surface area contributed by atoms with E-state index in [0.29, 0.717) is 0 Å². The Bertz CT molecular complexity index is 6360. The third-order valence-electron chi connectivity index (χ3n) is 19.2. The molecular weight excluding hydrogens is 1130 g/mol. The van der Waals surface area contributed by atoms with Crippen LogP contribution in [-0.2, 0) is 0 Å². The summed E-state index contributed by atoms with van der Waals surface area (Å²) in [6.07, 6.45) is 0. The van der Waals surface area contributed by atoms with Crippen molar-refractivity contribution in [1.29, 1.82) is 0 Å².